The maximum absolute atomic E-state index is 9.04. The Hall–Kier alpha value is -1.89. The van der Waals surface area contributed by atoms with Crippen molar-refractivity contribution in [3.8, 4) is 0 Å². The van der Waals surface area contributed by atoms with Crippen molar-refractivity contribution in [3.63, 3.8) is 0 Å². The minimum Gasteiger partial charge on any atom is -0.396 e. The van der Waals surface area contributed by atoms with Crippen LogP contribution in [0, 0.1) is 5.92 Å². The molecule has 0 saturated carbocycles. The number of nitrogens with zero attached hydrogens (tertiary/aromatic N) is 4. The molecule has 1 fully saturated rings. The van der Waals surface area contributed by atoms with Crippen LogP contribution in [0.4, 0.5) is 11.8 Å². The molecular formula is C12H18N6O. The van der Waals surface area contributed by atoms with E-state index in [0.29, 0.717) is 11.9 Å². The van der Waals surface area contributed by atoms with Crippen LogP contribution in [-0.4, -0.2) is 52.0 Å². The van der Waals surface area contributed by atoms with E-state index in [2.05, 4.69) is 30.4 Å². The van der Waals surface area contributed by atoms with E-state index in [1.807, 2.05) is 0 Å². The third-order valence-electron chi connectivity index (χ3n) is 3.64. The number of aliphatic hydroxyl groups excluding tert-OH is 1. The highest BCUT2D eigenvalue weighted by molar-refractivity contribution is 5.87. The largest absolute Gasteiger partial charge is 0.396 e. The van der Waals surface area contributed by atoms with Crippen LogP contribution in [0.25, 0.3) is 11.0 Å². The summed E-state index contributed by atoms with van der Waals surface area (Å²) in [5.41, 5.74) is 0.750. The molecule has 1 unspecified atom stereocenters. The fourth-order valence-electron chi connectivity index (χ4n) is 2.62. The van der Waals surface area contributed by atoms with Gasteiger partial charge in [-0.3, -0.25) is 5.10 Å². The topological polar surface area (TPSA) is 90.0 Å². The number of hydrogen-bond donors (Lipinski definition) is 3. The molecule has 2 aromatic heterocycles. The van der Waals surface area contributed by atoms with Gasteiger partial charge < -0.3 is 15.3 Å². The van der Waals surface area contributed by atoms with E-state index in [0.717, 1.165) is 42.8 Å². The van der Waals surface area contributed by atoms with Crippen LogP contribution in [0.2, 0.25) is 0 Å². The van der Waals surface area contributed by atoms with Crippen LogP contribution in [0.1, 0.15) is 12.8 Å². The fourth-order valence-corrected chi connectivity index (χ4v) is 2.62. The Labute approximate surface area is 111 Å². The molecule has 102 valence electrons. The molecule has 3 heterocycles. The molecule has 1 atom stereocenters. The molecule has 1 saturated heterocycles. The molecule has 3 rings (SSSR count). The van der Waals surface area contributed by atoms with E-state index in [9.17, 15) is 0 Å². The average Bonchev–Trinajstić information content (AvgIpc) is 3.06. The summed E-state index contributed by atoms with van der Waals surface area (Å²) in [6, 6.07) is 0. The highest BCUT2D eigenvalue weighted by Crippen LogP contribution is 2.29. The summed E-state index contributed by atoms with van der Waals surface area (Å²) in [4.78, 5) is 11.1. The molecule has 2 aromatic rings. The maximum atomic E-state index is 9.04. The second-order valence-electron chi connectivity index (χ2n) is 4.87. The zero-order chi connectivity index (χ0) is 13.2. The molecule has 3 N–H and O–H groups in total. The van der Waals surface area contributed by atoms with E-state index in [-0.39, 0.29) is 6.61 Å². The smallest absolute Gasteiger partial charge is 0.226 e. The van der Waals surface area contributed by atoms with Gasteiger partial charge in [-0.25, -0.2) is 0 Å². The predicted octanol–water partition coefficient (Wildman–Crippen LogP) is 0.603. The van der Waals surface area contributed by atoms with Crippen LogP contribution >= 0.6 is 0 Å². The van der Waals surface area contributed by atoms with Crippen LogP contribution < -0.4 is 10.2 Å². The number of aliphatic hydroxyl groups is 1. The van der Waals surface area contributed by atoms with Gasteiger partial charge in [0.25, 0.3) is 0 Å². The highest BCUT2D eigenvalue weighted by Gasteiger charge is 2.25. The zero-order valence-corrected chi connectivity index (χ0v) is 10.9. The summed E-state index contributed by atoms with van der Waals surface area (Å²) in [7, 11) is 1.81. The van der Waals surface area contributed by atoms with Crippen molar-refractivity contribution < 1.29 is 5.11 Å². The second-order valence-corrected chi connectivity index (χ2v) is 4.87. The normalized spacial score (nSPS) is 19.3. The Kier molecular flexibility index (Phi) is 3.20. The van der Waals surface area contributed by atoms with Crippen molar-refractivity contribution in [1.82, 2.24) is 20.2 Å². The first kappa shape index (κ1) is 12.2. The molecule has 0 bridgehead atoms. The first-order valence-corrected chi connectivity index (χ1v) is 6.56. The predicted molar refractivity (Wildman–Crippen MR) is 73.3 cm³/mol. The molecule has 19 heavy (non-hydrogen) atoms. The van der Waals surface area contributed by atoms with Gasteiger partial charge >= 0.3 is 0 Å². The molecule has 0 amide bonds. The Morgan fingerprint density at radius 1 is 1.53 bits per heavy atom. The third kappa shape index (κ3) is 2.21. The lowest BCUT2D eigenvalue weighted by atomic mass is 10.1. The number of anilines is 2. The quantitative estimate of drug-likeness (QED) is 0.747. The van der Waals surface area contributed by atoms with Crippen LogP contribution in [0.5, 0.6) is 0 Å². The molecule has 1 aliphatic heterocycles. The van der Waals surface area contributed by atoms with Crippen molar-refractivity contribution in [2.24, 2.45) is 5.92 Å². The Bertz CT molecular complexity index is 568. The van der Waals surface area contributed by atoms with Gasteiger partial charge in [0.05, 0.1) is 11.6 Å². The average molecular weight is 262 g/mol. The Morgan fingerprint density at radius 2 is 2.42 bits per heavy atom. The SMILES string of the molecule is CNc1nc(N2CCC(CCO)C2)c2cn[nH]c2n1. The molecule has 0 aliphatic carbocycles. The van der Waals surface area contributed by atoms with E-state index < -0.39 is 0 Å². The Morgan fingerprint density at radius 3 is 3.21 bits per heavy atom. The zero-order valence-electron chi connectivity index (χ0n) is 10.9. The lowest BCUT2D eigenvalue weighted by Gasteiger charge is -2.18. The van der Waals surface area contributed by atoms with E-state index in [4.69, 9.17) is 5.11 Å². The van der Waals surface area contributed by atoms with Crippen molar-refractivity contribution in [2.75, 3.05) is 37.0 Å². The monoisotopic (exact) mass is 262 g/mol. The third-order valence-corrected chi connectivity index (χ3v) is 3.64. The van der Waals surface area contributed by atoms with E-state index in [1.165, 1.54) is 0 Å². The fraction of sp³-hybridized carbons (Fsp3) is 0.583. The van der Waals surface area contributed by atoms with Gasteiger partial charge in [0.15, 0.2) is 5.65 Å². The number of aromatic nitrogens is 4. The number of H-pyrrole nitrogens is 1. The maximum Gasteiger partial charge on any atom is 0.226 e. The molecule has 7 nitrogen and oxygen atoms in total. The molecule has 0 radical (unpaired) electrons. The van der Waals surface area contributed by atoms with E-state index >= 15 is 0 Å². The van der Waals surface area contributed by atoms with Crippen molar-refractivity contribution >= 4 is 22.8 Å². The number of nitrogens with one attached hydrogen (secondary N) is 2. The number of rotatable bonds is 4. The van der Waals surface area contributed by atoms with Gasteiger partial charge in [-0.2, -0.15) is 15.1 Å². The minimum atomic E-state index is 0.255. The first-order valence-electron chi connectivity index (χ1n) is 6.56. The summed E-state index contributed by atoms with van der Waals surface area (Å²) in [6.45, 7) is 2.15. The molecule has 0 aromatic carbocycles. The Balaban J connectivity index is 1.93. The summed E-state index contributed by atoms with van der Waals surface area (Å²) >= 11 is 0. The summed E-state index contributed by atoms with van der Waals surface area (Å²) in [6.07, 6.45) is 3.72. The van der Waals surface area contributed by atoms with Gasteiger partial charge in [-0.05, 0) is 18.8 Å². The lowest BCUT2D eigenvalue weighted by Crippen LogP contribution is -2.22. The van der Waals surface area contributed by atoms with Gasteiger partial charge in [0.1, 0.15) is 5.82 Å². The summed E-state index contributed by atoms with van der Waals surface area (Å²) in [5, 5.41) is 19.9. The molecule has 0 spiro atoms. The van der Waals surface area contributed by atoms with Gasteiger partial charge in [-0.1, -0.05) is 0 Å². The first-order chi connectivity index (χ1) is 9.31. The van der Waals surface area contributed by atoms with Crippen molar-refractivity contribution in [1.29, 1.82) is 0 Å². The number of fused-ring (bicyclic) bond motifs is 1. The highest BCUT2D eigenvalue weighted by atomic mass is 16.3. The molecule has 1 aliphatic rings. The van der Waals surface area contributed by atoms with Crippen LogP contribution in [0.15, 0.2) is 6.20 Å². The molecular weight excluding hydrogens is 244 g/mol. The van der Waals surface area contributed by atoms with Crippen molar-refractivity contribution in [2.45, 2.75) is 12.8 Å². The standard InChI is InChI=1S/C12H18N6O/c1-13-12-15-10-9(6-14-17-10)11(16-12)18-4-2-8(7-18)3-5-19/h6,8,19H,2-5,7H2,1H3,(H2,13,14,15,16,17). The second kappa shape index (κ2) is 5.00. The number of hydrogen-bond acceptors (Lipinski definition) is 6. The van der Waals surface area contributed by atoms with Crippen LogP contribution in [0.3, 0.4) is 0 Å². The van der Waals surface area contributed by atoms with Gasteiger partial charge in [-0.15, -0.1) is 0 Å². The molecule has 7 heteroatoms. The lowest BCUT2D eigenvalue weighted by molar-refractivity contribution is 0.263. The van der Waals surface area contributed by atoms with Crippen LogP contribution in [-0.2, 0) is 0 Å². The van der Waals surface area contributed by atoms with E-state index in [1.54, 1.807) is 13.2 Å². The number of aromatic amines is 1. The minimum absolute atomic E-state index is 0.255. The summed E-state index contributed by atoms with van der Waals surface area (Å²) < 4.78 is 0. The summed E-state index contributed by atoms with van der Waals surface area (Å²) in [5.74, 6) is 2.06. The van der Waals surface area contributed by atoms with Gasteiger partial charge in [0, 0.05) is 26.7 Å². The van der Waals surface area contributed by atoms with Crippen molar-refractivity contribution in [3.05, 3.63) is 6.20 Å². The van der Waals surface area contributed by atoms with Gasteiger partial charge in [0.2, 0.25) is 5.95 Å².